The minimum Gasteiger partial charge on any atom is -0.314 e. The minimum absolute atomic E-state index is 0.696. The SMILES string of the molecule is Cc1ccn2c(C=O)c(-c3ccc(Br)c(C)c3)cc2c1. The molecular formula is C17H14BrNO. The highest BCUT2D eigenvalue weighted by Crippen LogP contribution is 2.30. The Bertz CT molecular complexity index is 817. The van der Waals surface area contributed by atoms with Crippen LogP contribution < -0.4 is 0 Å². The normalized spacial score (nSPS) is 10.9. The Morgan fingerprint density at radius 3 is 2.60 bits per heavy atom. The number of nitrogens with zero attached hydrogens (tertiary/aromatic N) is 1. The quantitative estimate of drug-likeness (QED) is 0.619. The van der Waals surface area contributed by atoms with Gasteiger partial charge in [0.15, 0.2) is 6.29 Å². The van der Waals surface area contributed by atoms with Gasteiger partial charge >= 0.3 is 0 Å². The molecule has 0 saturated heterocycles. The summed E-state index contributed by atoms with van der Waals surface area (Å²) >= 11 is 3.51. The van der Waals surface area contributed by atoms with Crippen LogP contribution in [0.25, 0.3) is 16.6 Å². The lowest BCUT2D eigenvalue weighted by Crippen LogP contribution is -1.92. The summed E-state index contributed by atoms with van der Waals surface area (Å²) in [6.07, 6.45) is 2.87. The molecule has 2 aromatic heterocycles. The number of benzene rings is 1. The second-order valence-electron chi connectivity index (χ2n) is 5.02. The van der Waals surface area contributed by atoms with E-state index in [4.69, 9.17) is 0 Å². The molecule has 0 aliphatic carbocycles. The second kappa shape index (κ2) is 4.91. The monoisotopic (exact) mass is 327 g/mol. The Labute approximate surface area is 126 Å². The molecule has 1 aromatic carbocycles. The molecule has 0 aliphatic rings. The van der Waals surface area contributed by atoms with E-state index >= 15 is 0 Å². The van der Waals surface area contributed by atoms with E-state index < -0.39 is 0 Å². The predicted molar refractivity (Wildman–Crippen MR) is 85.4 cm³/mol. The van der Waals surface area contributed by atoms with E-state index in [1.165, 1.54) is 5.56 Å². The first-order chi connectivity index (χ1) is 9.60. The van der Waals surface area contributed by atoms with Crippen molar-refractivity contribution >= 4 is 27.7 Å². The fourth-order valence-electron chi connectivity index (χ4n) is 2.47. The van der Waals surface area contributed by atoms with Crippen molar-refractivity contribution in [2.75, 3.05) is 0 Å². The van der Waals surface area contributed by atoms with Gasteiger partial charge in [-0.25, -0.2) is 0 Å². The number of aryl methyl sites for hydroxylation is 2. The third kappa shape index (κ3) is 2.08. The molecule has 3 heteroatoms. The topological polar surface area (TPSA) is 21.5 Å². The van der Waals surface area contributed by atoms with Crippen LogP contribution in [0, 0.1) is 13.8 Å². The molecule has 0 aliphatic heterocycles. The maximum absolute atomic E-state index is 11.5. The number of aromatic nitrogens is 1. The van der Waals surface area contributed by atoms with E-state index in [-0.39, 0.29) is 0 Å². The maximum Gasteiger partial charge on any atom is 0.167 e. The third-order valence-electron chi connectivity index (χ3n) is 3.55. The summed E-state index contributed by atoms with van der Waals surface area (Å²) < 4.78 is 3.01. The van der Waals surface area contributed by atoms with Crippen LogP contribution >= 0.6 is 15.9 Å². The average molecular weight is 328 g/mol. The summed E-state index contributed by atoms with van der Waals surface area (Å²) in [5, 5.41) is 0. The molecule has 0 radical (unpaired) electrons. The van der Waals surface area contributed by atoms with Gasteiger partial charge in [-0.2, -0.15) is 0 Å². The minimum atomic E-state index is 0.696. The van der Waals surface area contributed by atoms with Crippen molar-refractivity contribution in [2.45, 2.75) is 13.8 Å². The van der Waals surface area contributed by atoms with Crippen LogP contribution in [0.15, 0.2) is 47.1 Å². The van der Waals surface area contributed by atoms with Gasteiger partial charge in [0, 0.05) is 21.7 Å². The number of pyridine rings is 1. The molecule has 100 valence electrons. The zero-order valence-corrected chi connectivity index (χ0v) is 12.9. The first-order valence-corrected chi connectivity index (χ1v) is 7.23. The lowest BCUT2D eigenvalue weighted by atomic mass is 10.0. The van der Waals surface area contributed by atoms with Crippen LogP contribution in [0.5, 0.6) is 0 Å². The van der Waals surface area contributed by atoms with Gasteiger partial charge in [-0.1, -0.05) is 28.1 Å². The molecule has 0 atom stereocenters. The Balaban J connectivity index is 2.29. The first kappa shape index (κ1) is 13.1. The van der Waals surface area contributed by atoms with E-state index in [9.17, 15) is 4.79 Å². The second-order valence-corrected chi connectivity index (χ2v) is 5.88. The van der Waals surface area contributed by atoms with Gasteiger partial charge in [-0.05, 0) is 54.8 Å². The Hall–Kier alpha value is -1.87. The summed E-state index contributed by atoms with van der Waals surface area (Å²) in [6, 6.07) is 12.3. The number of rotatable bonds is 2. The number of fused-ring (bicyclic) bond motifs is 1. The van der Waals surface area contributed by atoms with Crippen LogP contribution in [-0.4, -0.2) is 10.7 Å². The Morgan fingerprint density at radius 2 is 1.90 bits per heavy atom. The third-order valence-corrected chi connectivity index (χ3v) is 4.44. The number of halogens is 1. The molecule has 0 unspecified atom stereocenters. The van der Waals surface area contributed by atoms with Crippen molar-refractivity contribution in [1.29, 1.82) is 0 Å². The van der Waals surface area contributed by atoms with Crippen molar-refractivity contribution in [2.24, 2.45) is 0 Å². The molecule has 0 fully saturated rings. The summed E-state index contributed by atoms with van der Waals surface area (Å²) in [5.74, 6) is 0. The van der Waals surface area contributed by atoms with Crippen molar-refractivity contribution in [3.63, 3.8) is 0 Å². The van der Waals surface area contributed by atoms with Gasteiger partial charge in [0.25, 0.3) is 0 Å². The molecule has 3 aromatic rings. The van der Waals surface area contributed by atoms with Gasteiger partial charge in [0.1, 0.15) is 0 Å². The highest BCUT2D eigenvalue weighted by molar-refractivity contribution is 9.10. The van der Waals surface area contributed by atoms with Crippen LogP contribution in [0.1, 0.15) is 21.6 Å². The molecule has 0 N–H and O–H groups in total. The number of aldehydes is 1. The van der Waals surface area contributed by atoms with Gasteiger partial charge < -0.3 is 4.40 Å². The lowest BCUT2D eigenvalue weighted by molar-refractivity contribution is 0.111. The Morgan fingerprint density at radius 1 is 1.10 bits per heavy atom. The largest absolute Gasteiger partial charge is 0.314 e. The summed E-state index contributed by atoms with van der Waals surface area (Å²) in [5.41, 5.74) is 6.12. The number of carbonyl (C=O) groups excluding carboxylic acids is 1. The van der Waals surface area contributed by atoms with E-state index in [0.717, 1.165) is 33.0 Å². The zero-order chi connectivity index (χ0) is 14.3. The van der Waals surface area contributed by atoms with E-state index in [1.54, 1.807) is 0 Å². The molecule has 0 amide bonds. The average Bonchev–Trinajstić information content (AvgIpc) is 2.79. The van der Waals surface area contributed by atoms with Gasteiger partial charge in [0.2, 0.25) is 0 Å². The highest BCUT2D eigenvalue weighted by Gasteiger charge is 2.12. The fraction of sp³-hybridized carbons (Fsp3) is 0.118. The molecule has 0 bridgehead atoms. The Kier molecular flexibility index (Phi) is 3.22. The fourth-order valence-corrected chi connectivity index (χ4v) is 2.72. The molecule has 2 heterocycles. The first-order valence-electron chi connectivity index (χ1n) is 6.43. The van der Waals surface area contributed by atoms with E-state index in [2.05, 4.69) is 41.1 Å². The number of hydrogen-bond donors (Lipinski definition) is 0. The zero-order valence-electron chi connectivity index (χ0n) is 11.4. The van der Waals surface area contributed by atoms with Gasteiger partial charge in [-0.3, -0.25) is 4.79 Å². The van der Waals surface area contributed by atoms with Crippen molar-refractivity contribution in [1.82, 2.24) is 4.40 Å². The lowest BCUT2D eigenvalue weighted by Gasteiger charge is -2.04. The highest BCUT2D eigenvalue weighted by atomic mass is 79.9. The molecule has 0 spiro atoms. The van der Waals surface area contributed by atoms with Crippen molar-refractivity contribution < 1.29 is 4.79 Å². The number of hydrogen-bond acceptors (Lipinski definition) is 1. The van der Waals surface area contributed by atoms with Crippen LogP contribution in [0.2, 0.25) is 0 Å². The molecule has 20 heavy (non-hydrogen) atoms. The molecule has 2 nitrogen and oxygen atoms in total. The smallest absolute Gasteiger partial charge is 0.167 e. The van der Waals surface area contributed by atoms with E-state index in [0.29, 0.717) is 5.69 Å². The van der Waals surface area contributed by atoms with Gasteiger partial charge in [0.05, 0.1) is 5.69 Å². The van der Waals surface area contributed by atoms with Crippen LogP contribution in [0.4, 0.5) is 0 Å². The molecular weight excluding hydrogens is 314 g/mol. The summed E-state index contributed by atoms with van der Waals surface area (Å²) in [4.78, 5) is 11.5. The molecule has 3 rings (SSSR count). The van der Waals surface area contributed by atoms with Crippen molar-refractivity contribution in [3.05, 3.63) is 63.9 Å². The standard InChI is InChI=1S/C17H14BrNO/c1-11-5-6-19-14(7-11)9-15(17(19)10-20)13-3-4-16(18)12(2)8-13/h3-10H,1-2H3. The molecule has 0 saturated carbocycles. The summed E-state index contributed by atoms with van der Waals surface area (Å²) in [7, 11) is 0. The summed E-state index contributed by atoms with van der Waals surface area (Å²) in [6.45, 7) is 4.10. The maximum atomic E-state index is 11.5. The van der Waals surface area contributed by atoms with Crippen LogP contribution in [0.3, 0.4) is 0 Å². The predicted octanol–water partition coefficient (Wildman–Crippen LogP) is 4.80. The van der Waals surface area contributed by atoms with Crippen molar-refractivity contribution in [3.8, 4) is 11.1 Å². The van der Waals surface area contributed by atoms with E-state index in [1.807, 2.05) is 35.7 Å². The van der Waals surface area contributed by atoms with Crippen LogP contribution in [-0.2, 0) is 0 Å². The number of carbonyl (C=O) groups is 1. The van der Waals surface area contributed by atoms with Gasteiger partial charge in [-0.15, -0.1) is 0 Å².